The van der Waals surface area contributed by atoms with E-state index in [9.17, 15) is 0 Å². The minimum atomic E-state index is 0.601. The molecular weight excluding hydrogens is 326 g/mol. The molecule has 3 heterocycles. The monoisotopic (exact) mass is 353 g/mol. The maximum atomic E-state index is 5.13. The van der Waals surface area contributed by atoms with Gasteiger partial charge in [0.2, 0.25) is 0 Å². The van der Waals surface area contributed by atoms with Gasteiger partial charge in [0.25, 0.3) is 0 Å². The molecule has 6 nitrogen and oxygen atoms in total. The first-order valence-electron chi connectivity index (χ1n) is 9.43. The summed E-state index contributed by atoms with van der Waals surface area (Å²) in [4.78, 5) is 7.97. The van der Waals surface area contributed by atoms with E-state index in [-0.39, 0.29) is 0 Å². The summed E-state index contributed by atoms with van der Waals surface area (Å²) in [5, 5.41) is 9.09. The Morgan fingerprint density at radius 3 is 2.85 bits per heavy atom. The molecule has 0 radical (unpaired) electrons. The predicted octanol–water partition coefficient (Wildman–Crippen LogP) is 3.23. The summed E-state index contributed by atoms with van der Waals surface area (Å²) in [5.74, 6) is 0.601. The van der Waals surface area contributed by atoms with E-state index in [1.165, 1.54) is 42.2 Å². The molecule has 0 spiro atoms. The summed E-state index contributed by atoms with van der Waals surface area (Å²) in [6.07, 6.45) is 12.9. The first-order valence-corrected chi connectivity index (χ1v) is 9.43. The topological polar surface area (TPSA) is 67.8 Å². The first kappa shape index (κ1) is 17.2. The molecule has 0 bridgehead atoms. The molecule has 3 aromatic rings. The zero-order chi connectivity index (χ0) is 17.9. The fourth-order valence-corrected chi connectivity index (χ4v) is 4.04. The van der Waals surface area contributed by atoms with Crippen LogP contribution in [0.3, 0.4) is 0 Å². The molecule has 4 rings (SSSR count). The zero-order valence-electron chi connectivity index (χ0n) is 15.5. The number of hydrogen-bond acceptors (Lipinski definition) is 4. The molecule has 0 unspecified atom stereocenters. The number of rotatable bonds is 6. The van der Waals surface area contributed by atoms with Crippen molar-refractivity contribution in [2.24, 2.45) is 7.05 Å². The van der Waals surface area contributed by atoms with E-state index in [1.807, 2.05) is 30.3 Å². The second-order valence-corrected chi connectivity index (χ2v) is 7.27. The van der Waals surface area contributed by atoms with Crippen molar-refractivity contribution in [2.75, 3.05) is 20.3 Å². The van der Waals surface area contributed by atoms with Crippen LogP contribution in [0, 0.1) is 0 Å². The van der Waals surface area contributed by atoms with Gasteiger partial charge in [-0.05, 0) is 43.2 Å². The normalized spacial score (nSPS) is 20.7. The van der Waals surface area contributed by atoms with Crippen LogP contribution in [0.2, 0.25) is 0 Å². The van der Waals surface area contributed by atoms with Gasteiger partial charge in [-0.1, -0.05) is 0 Å². The lowest BCUT2D eigenvalue weighted by atomic mass is 9.82. The van der Waals surface area contributed by atoms with Crippen molar-refractivity contribution >= 4 is 11.0 Å². The highest BCUT2D eigenvalue weighted by atomic mass is 16.5. The number of hydrogen-bond donors (Lipinski definition) is 2. The van der Waals surface area contributed by atoms with Crippen molar-refractivity contribution in [1.29, 1.82) is 0 Å². The molecule has 0 aliphatic heterocycles. The van der Waals surface area contributed by atoms with Gasteiger partial charge in [0.05, 0.1) is 12.8 Å². The Labute approximate surface area is 154 Å². The smallest absolute Gasteiger partial charge is 0.137 e. The van der Waals surface area contributed by atoms with E-state index in [0.717, 1.165) is 24.4 Å². The third-order valence-electron chi connectivity index (χ3n) is 5.51. The Hall–Kier alpha value is -2.18. The molecule has 1 aliphatic rings. The number of aromatic nitrogens is 4. The van der Waals surface area contributed by atoms with E-state index in [4.69, 9.17) is 4.74 Å². The molecule has 26 heavy (non-hydrogen) atoms. The van der Waals surface area contributed by atoms with Gasteiger partial charge in [-0.2, -0.15) is 5.10 Å². The van der Waals surface area contributed by atoms with Gasteiger partial charge in [-0.25, -0.2) is 4.98 Å². The minimum Gasteiger partial charge on any atom is -0.383 e. The predicted molar refractivity (Wildman–Crippen MR) is 103 cm³/mol. The second-order valence-electron chi connectivity index (χ2n) is 7.27. The standard InChI is InChI=1S/C20H27N5O/c1-25-13-16(11-24-25)19-12-23-20-18(19)9-15(10-22-20)14-3-5-17(6-4-14)21-7-8-26-2/h9-14,17,21H,3-8H2,1-2H3,(H,22,23)/t14-,17-. The number of H-pyrrole nitrogens is 1. The van der Waals surface area contributed by atoms with Gasteiger partial charge in [-0.3, -0.25) is 4.68 Å². The van der Waals surface area contributed by atoms with Crippen molar-refractivity contribution in [2.45, 2.75) is 37.6 Å². The van der Waals surface area contributed by atoms with E-state index in [0.29, 0.717) is 12.0 Å². The van der Waals surface area contributed by atoms with Crippen LogP contribution in [0.5, 0.6) is 0 Å². The van der Waals surface area contributed by atoms with Gasteiger partial charge in [0, 0.05) is 61.8 Å². The highest BCUT2D eigenvalue weighted by Gasteiger charge is 2.23. The fraction of sp³-hybridized carbons (Fsp3) is 0.500. The summed E-state index contributed by atoms with van der Waals surface area (Å²) < 4.78 is 6.96. The Morgan fingerprint density at radius 1 is 1.27 bits per heavy atom. The Kier molecular flexibility index (Phi) is 5.04. The molecule has 0 saturated heterocycles. The number of nitrogens with one attached hydrogen (secondary N) is 2. The third kappa shape index (κ3) is 3.52. The average Bonchev–Trinajstić information content (AvgIpc) is 3.28. The Bertz CT molecular complexity index is 860. The number of pyridine rings is 1. The molecule has 3 aromatic heterocycles. The zero-order valence-corrected chi connectivity index (χ0v) is 15.5. The van der Waals surface area contributed by atoms with Crippen molar-refractivity contribution in [3.63, 3.8) is 0 Å². The van der Waals surface area contributed by atoms with Crippen molar-refractivity contribution in [3.8, 4) is 11.1 Å². The maximum absolute atomic E-state index is 5.13. The highest BCUT2D eigenvalue weighted by Crippen LogP contribution is 2.35. The fourth-order valence-electron chi connectivity index (χ4n) is 4.04. The van der Waals surface area contributed by atoms with Crippen molar-refractivity contribution in [3.05, 3.63) is 36.4 Å². The van der Waals surface area contributed by atoms with Crippen LogP contribution in [0.15, 0.2) is 30.9 Å². The SMILES string of the molecule is COCCN[C@H]1CC[C@H](c2cnc3[nH]cc(-c4cnn(C)c4)c3c2)CC1. The third-order valence-corrected chi connectivity index (χ3v) is 5.51. The summed E-state index contributed by atoms with van der Waals surface area (Å²) >= 11 is 0. The van der Waals surface area contributed by atoms with Gasteiger partial charge < -0.3 is 15.0 Å². The van der Waals surface area contributed by atoms with Crippen molar-refractivity contribution < 1.29 is 4.74 Å². The number of ether oxygens (including phenoxy) is 1. The number of aryl methyl sites for hydroxylation is 1. The number of methoxy groups -OCH3 is 1. The Balaban J connectivity index is 1.49. The number of fused-ring (bicyclic) bond motifs is 1. The number of nitrogens with zero attached hydrogens (tertiary/aromatic N) is 3. The lowest BCUT2D eigenvalue weighted by Gasteiger charge is -2.29. The highest BCUT2D eigenvalue weighted by molar-refractivity contribution is 5.93. The average molecular weight is 353 g/mol. The van der Waals surface area contributed by atoms with E-state index < -0.39 is 0 Å². The molecule has 6 heteroatoms. The first-order chi connectivity index (χ1) is 12.7. The number of aromatic amines is 1. The van der Waals surface area contributed by atoms with Crippen LogP contribution >= 0.6 is 0 Å². The van der Waals surface area contributed by atoms with Gasteiger partial charge in [0.15, 0.2) is 0 Å². The van der Waals surface area contributed by atoms with E-state index in [2.05, 4.69) is 32.6 Å². The van der Waals surface area contributed by atoms with E-state index in [1.54, 1.807) is 7.11 Å². The van der Waals surface area contributed by atoms with Crippen LogP contribution in [-0.4, -0.2) is 46.1 Å². The molecule has 1 fully saturated rings. The quantitative estimate of drug-likeness (QED) is 0.668. The van der Waals surface area contributed by atoms with Crippen LogP contribution in [0.4, 0.5) is 0 Å². The van der Waals surface area contributed by atoms with Gasteiger partial charge in [-0.15, -0.1) is 0 Å². The van der Waals surface area contributed by atoms with Gasteiger partial charge >= 0.3 is 0 Å². The lowest BCUT2D eigenvalue weighted by Crippen LogP contribution is -2.34. The van der Waals surface area contributed by atoms with Gasteiger partial charge in [0.1, 0.15) is 5.65 Å². The summed E-state index contributed by atoms with van der Waals surface area (Å²) in [7, 11) is 3.70. The molecule has 138 valence electrons. The summed E-state index contributed by atoms with van der Waals surface area (Å²) in [6, 6.07) is 2.95. The maximum Gasteiger partial charge on any atom is 0.137 e. The van der Waals surface area contributed by atoms with Crippen molar-refractivity contribution in [1.82, 2.24) is 25.1 Å². The van der Waals surface area contributed by atoms with Crippen LogP contribution in [0.25, 0.3) is 22.2 Å². The molecule has 1 aliphatic carbocycles. The van der Waals surface area contributed by atoms with Crippen LogP contribution in [0.1, 0.15) is 37.2 Å². The largest absolute Gasteiger partial charge is 0.383 e. The molecule has 0 atom stereocenters. The summed E-state index contributed by atoms with van der Waals surface area (Å²) in [6.45, 7) is 1.72. The molecule has 1 saturated carbocycles. The lowest BCUT2D eigenvalue weighted by molar-refractivity contribution is 0.191. The van der Waals surface area contributed by atoms with Crippen LogP contribution < -0.4 is 5.32 Å². The molecule has 0 aromatic carbocycles. The molecule has 2 N–H and O–H groups in total. The van der Waals surface area contributed by atoms with Crippen LogP contribution in [-0.2, 0) is 11.8 Å². The molecular formula is C20H27N5O. The Morgan fingerprint density at radius 2 is 2.12 bits per heavy atom. The minimum absolute atomic E-state index is 0.601. The van der Waals surface area contributed by atoms with E-state index >= 15 is 0 Å². The second kappa shape index (κ2) is 7.60. The summed E-state index contributed by atoms with van der Waals surface area (Å²) in [5.41, 5.74) is 4.61. The molecule has 0 amide bonds.